The Morgan fingerprint density at radius 2 is 1.32 bits per heavy atom. The average Bonchev–Trinajstić information content (AvgIpc) is 3.52. The maximum Gasteiger partial charge on any atom is 0.326 e. The first kappa shape index (κ1) is 23.8. The zero-order chi connectivity index (χ0) is 25.8. The Kier molecular flexibility index (Phi) is 6.67. The number of aromatic amines is 2. The van der Waals surface area contributed by atoms with Crippen LogP contribution in [0.4, 0.5) is 0 Å². The topological polar surface area (TPSA) is 140 Å². The first-order chi connectivity index (χ1) is 18.0. The summed E-state index contributed by atoms with van der Waals surface area (Å²) in [6.45, 7) is 0. The summed E-state index contributed by atoms with van der Waals surface area (Å²) in [5, 5.41) is 17.1. The molecular formula is C28H25N5O4. The second kappa shape index (κ2) is 10.4. The van der Waals surface area contributed by atoms with Crippen LogP contribution in [0.1, 0.15) is 21.6 Å². The molecule has 0 bridgehead atoms. The Hall–Kier alpha value is -4.92. The highest BCUT2D eigenvalue weighted by Gasteiger charge is 2.28. The van der Waals surface area contributed by atoms with E-state index >= 15 is 0 Å². The number of hydrogen-bond donors (Lipinski definition) is 5. The molecular weight excluding hydrogens is 470 g/mol. The fraction of sp³-hybridized carbons (Fsp3) is 0.143. The summed E-state index contributed by atoms with van der Waals surface area (Å²) in [7, 11) is 0. The van der Waals surface area contributed by atoms with Crippen molar-refractivity contribution in [1.29, 1.82) is 0 Å². The average molecular weight is 496 g/mol. The number of H-pyrrole nitrogens is 2. The van der Waals surface area contributed by atoms with E-state index in [1.807, 2.05) is 48.5 Å². The predicted octanol–water partition coefficient (Wildman–Crippen LogP) is 3.20. The van der Waals surface area contributed by atoms with E-state index in [0.29, 0.717) is 0 Å². The molecule has 2 atom stereocenters. The van der Waals surface area contributed by atoms with E-state index in [1.54, 1.807) is 30.6 Å². The summed E-state index contributed by atoms with van der Waals surface area (Å²) in [6, 6.07) is 17.9. The summed E-state index contributed by atoms with van der Waals surface area (Å²) >= 11 is 0. The molecule has 0 radical (unpaired) electrons. The molecule has 0 fully saturated rings. The Labute approximate surface area is 211 Å². The molecule has 9 heteroatoms. The van der Waals surface area contributed by atoms with Gasteiger partial charge in [-0.1, -0.05) is 42.5 Å². The number of nitrogens with zero attached hydrogens (tertiary/aromatic N) is 1. The second-order valence-corrected chi connectivity index (χ2v) is 8.77. The van der Waals surface area contributed by atoms with E-state index in [-0.39, 0.29) is 18.5 Å². The van der Waals surface area contributed by atoms with E-state index in [0.717, 1.165) is 32.9 Å². The van der Waals surface area contributed by atoms with Gasteiger partial charge in [0, 0.05) is 53.2 Å². The number of carbonyl (C=O) groups excluding carboxylic acids is 2. The Bertz CT molecular complexity index is 1570. The van der Waals surface area contributed by atoms with Crippen molar-refractivity contribution in [1.82, 2.24) is 25.6 Å². The number of carboxylic acid groups (broad SMARTS) is 1. The molecule has 5 N–H and O–H groups in total. The van der Waals surface area contributed by atoms with Crippen molar-refractivity contribution < 1.29 is 19.5 Å². The number of fused-ring (bicyclic) bond motifs is 2. The highest BCUT2D eigenvalue weighted by atomic mass is 16.4. The number of nitrogens with one attached hydrogen (secondary N) is 4. The highest BCUT2D eigenvalue weighted by Crippen LogP contribution is 2.21. The number of carbonyl (C=O) groups is 3. The minimum atomic E-state index is -1.19. The van der Waals surface area contributed by atoms with Crippen LogP contribution in [0.3, 0.4) is 0 Å². The van der Waals surface area contributed by atoms with Gasteiger partial charge in [0.05, 0.1) is 0 Å². The number of benzene rings is 2. The van der Waals surface area contributed by atoms with E-state index in [9.17, 15) is 19.5 Å². The highest BCUT2D eigenvalue weighted by molar-refractivity contribution is 5.97. The first-order valence-corrected chi connectivity index (χ1v) is 11.8. The minimum absolute atomic E-state index is 0.0824. The Morgan fingerprint density at radius 3 is 1.89 bits per heavy atom. The number of hydrogen-bond acceptors (Lipinski definition) is 4. The molecule has 3 aromatic heterocycles. The van der Waals surface area contributed by atoms with E-state index in [4.69, 9.17) is 0 Å². The number of pyridine rings is 1. The molecule has 0 spiro atoms. The largest absolute Gasteiger partial charge is 0.480 e. The number of aromatic nitrogens is 3. The summed E-state index contributed by atoms with van der Waals surface area (Å²) < 4.78 is 0. The lowest BCUT2D eigenvalue weighted by Crippen LogP contribution is -2.53. The molecule has 0 aliphatic heterocycles. The maximum atomic E-state index is 13.5. The predicted molar refractivity (Wildman–Crippen MR) is 139 cm³/mol. The lowest BCUT2D eigenvalue weighted by Gasteiger charge is -2.21. The first-order valence-electron chi connectivity index (χ1n) is 11.8. The maximum absolute atomic E-state index is 13.5. The quantitative estimate of drug-likeness (QED) is 0.214. The zero-order valence-electron chi connectivity index (χ0n) is 19.8. The molecule has 0 aliphatic rings. The van der Waals surface area contributed by atoms with Gasteiger partial charge in [-0.3, -0.25) is 14.6 Å². The van der Waals surface area contributed by atoms with E-state index in [2.05, 4.69) is 25.6 Å². The van der Waals surface area contributed by atoms with Gasteiger partial charge >= 0.3 is 5.97 Å². The van der Waals surface area contributed by atoms with Crippen LogP contribution in [-0.4, -0.2) is 49.9 Å². The van der Waals surface area contributed by atoms with Crippen LogP contribution < -0.4 is 10.6 Å². The molecule has 2 aromatic carbocycles. The molecule has 37 heavy (non-hydrogen) atoms. The standard InChI is InChI=1S/C28H25N5O4/c34-26(23-11-5-6-12-29-23)32-24(13-17-15-30-21-9-3-1-7-19(17)21)27(35)33-25(28(36)37)14-18-16-31-22-10-4-2-8-20(18)22/h1-12,15-16,24-25,30-31H,13-14H2,(H,32,34)(H,33,35)(H,36,37)/t24-,25-/m0/s1. The minimum Gasteiger partial charge on any atom is -0.480 e. The SMILES string of the molecule is O=C(N[C@@H](Cc1c[nH]c2ccccc12)C(=O)N[C@@H](Cc1c[nH]c2ccccc12)C(=O)O)c1ccccn1. The van der Waals surface area contributed by atoms with Crippen LogP contribution in [0, 0.1) is 0 Å². The molecule has 2 amide bonds. The number of carboxylic acids is 1. The normalized spacial score (nSPS) is 12.8. The Balaban J connectivity index is 1.39. The molecule has 0 saturated carbocycles. The van der Waals surface area contributed by atoms with Crippen LogP contribution >= 0.6 is 0 Å². The van der Waals surface area contributed by atoms with Gasteiger partial charge in [0.2, 0.25) is 5.91 Å². The van der Waals surface area contributed by atoms with Crippen molar-refractivity contribution in [3.8, 4) is 0 Å². The summed E-state index contributed by atoms with van der Waals surface area (Å²) in [4.78, 5) is 48.8. The number of rotatable bonds is 9. The molecule has 5 rings (SSSR count). The van der Waals surface area contributed by atoms with Gasteiger partial charge in [0.15, 0.2) is 0 Å². The molecule has 5 aromatic rings. The van der Waals surface area contributed by atoms with Crippen molar-refractivity contribution in [3.63, 3.8) is 0 Å². The van der Waals surface area contributed by atoms with Crippen molar-refractivity contribution >= 4 is 39.6 Å². The van der Waals surface area contributed by atoms with Gasteiger partial charge in [-0.05, 0) is 35.4 Å². The van der Waals surface area contributed by atoms with E-state index in [1.165, 1.54) is 6.20 Å². The van der Waals surface area contributed by atoms with Crippen LogP contribution in [0.5, 0.6) is 0 Å². The number of para-hydroxylation sites is 2. The molecule has 9 nitrogen and oxygen atoms in total. The fourth-order valence-electron chi connectivity index (χ4n) is 4.45. The van der Waals surface area contributed by atoms with Crippen molar-refractivity contribution in [2.24, 2.45) is 0 Å². The van der Waals surface area contributed by atoms with Crippen LogP contribution in [0.2, 0.25) is 0 Å². The van der Waals surface area contributed by atoms with Gasteiger partial charge in [-0.15, -0.1) is 0 Å². The van der Waals surface area contributed by atoms with Crippen molar-refractivity contribution in [3.05, 3.63) is 102 Å². The zero-order valence-corrected chi connectivity index (χ0v) is 19.8. The monoisotopic (exact) mass is 495 g/mol. The summed E-state index contributed by atoms with van der Waals surface area (Å²) in [5.41, 5.74) is 3.53. The van der Waals surface area contributed by atoms with Gasteiger partial charge < -0.3 is 25.7 Å². The third-order valence-electron chi connectivity index (χ3n) is 6.33. The van der Waals surface area contributed by atoms with Gasteiger partial charge in [-0.25, -0.2) is 4.79 Å². The van der Waals surface area contributed by atoms with Gasteiger partial charge in [0.1, 0.15) is 17.8 Å². The molecule has 3 heterocycles. The smallest absolute Gasteiger partial charge is 0.326 e. The molecule has 0 unspecified atom stereocenters. The second-order valence-electron chi connectivity index (χ2n) is 8.77. The molecule has 0 saturated heterocycles. The summed E-state index contributed by atoms with van der Waals surface area (Å²) in [6.07, 6.45) is 5.27. The van der Waals surface area contributed by atoms with E-state index < -0.39 is 29.9 Å². The van der Waals surface area contributed by atoms with Gasteiger partial charge in [-0.2, -0.15) is 0 Å². The third-order valence-corrected chi connectivity index (χ3v) is 6.33. The summed E-state index contributed by atoms with van der Waals surface area (Å²) in [5.74, 6) is -2.29. The van der Waals surface area contributed by atoms with Gasteiger partial charge in [0.25, 0.3) is 5.91 Å². The lowest BCUT2D eigenvalue weighted by molar-refractivity contribution is -0.142. The van der Waals surface area contributed by atoms with Crippen LogP contribution in [0.15, 0.2) is 85.3 Å². The number of aliphatic carboxylic acids is 1. The van der Waals surface area contributed by atoms with Crippen LogP contribution in [-0.2, 0) is 22.4 Å². The lowest BCUT2D eigenvalue weighted by atomic mass is 10.0. The van der Waals surface area contributed by atoms with Crippen molar-refractivity contribution in [2.45, 2.75) is 24.9 Å². The van der Waals surface area contributed by atoms with Crippen molar-refractivity contribution in [2.75, 3.05) is 0 Å². The number of amides is 2. The third kappa shape index (κ3) is 5.20. The molecule has 0 aliphatic carbocycles. The van der Waals surface area contributed by atoms with Crippen LogP contribution in [0.25, 0.3) is 21.8 Å². The Morgan fingerprint density at radius 1 is 0.757 bits per heavy atom. The fourth-order valence-corrected chi connectivity index (χ4v) is 4.45. The molecule has 186 valence electrons.